The van der Waals surface area contributed by atoms with E-state index in [2.05, 4.69) is 66.2 Å². The van der Waals surface area contributed by atoms with Gasteiger partial charge in [0, 0.05) is 39.0 Å². The van der Waals surface area contributed by atoms with Gasteiger partial charge in [0.15, 0.2) is 5.11 Å². The van der Waals surface area contributed by atoms with Crippen LogP contribution in [0.25, 0.3) is 5.69 Å². The number of pyridine rings is 1. The summed E-state index contributed by atoms with van der Waals surface area (Å²) in [6.45, 7) is 0. The average molecular weight is 510 g/mol. The minimum Gasteiger partial charge on any atom is -0.351 e. The number of thiocarbonyl (C=S) groups is 1. The van der Waals surface area contributed by atoms with E-state index in [-0.39, 0.29) is 12.1 Å². The Bertz CT molecular complexity index is 1210. The minimum atomic E-state index is -0.103. The molecule has 154 valence electrons. The van der Waals surface area contributed by atoms with Crippen molar-refractivity contribution in [3.8, 4) is 5.69 Å². The average Bonchev–Trinajstić information content (AvgIpc) is 3.40. The molecule has 1 aliphatic rings. The van der Waals surface area contributed by atoms with E-state index in [0.29, 0.717) is 10.1 Å². The third-order valence-corrected chi connectivity index (χ3v) is 6.49. The predicted molar refractivity (Wildman–Crippen MR) is 133 cm³/mol. The molecule has 2 atom stereocenters. The number of nitrogens with zero attached hydrogens (tertiary/aromatic N) is 3. The molecule has 7 heteroatoms. The zero-order valence-electron chi connectivity index (χ0n) is 16.3. The lowest BCUT2D eigenvalue weighted by molar-refractivity contribution is 0.549. The van der Waals surface area contributed by atoms with Gasteiger partial charge in [0.2, 0.25) is 0 Å². The first kappa shape index (κ1) is 20.2. The minimum absolute atomic E-state index is 0.0952. The fourth-order valence-corrected chi connectivity index (χ4v) is 4.74. The Labute approximate surface area is 199 Å². The van der Waals surface area contributed by atoms with Gasteiger partial charge in [-0.3, -0.25) is 4.98 Å². The maximum absolute atomic E-state index is 6.15. The summed E-state index contributed by atoms with van der Waals surface area (Å²) in [5.74, 6) is 0. The highest BCUT2D eigenvalue weighted by atomic mass is 79.9. The van der Waals surface area contributed by atoms with E-state index in [0.717, 1.165) is 27.2 Å². The predicted octanol–water partition coefficient (Wildman–Crippen LogP) is 6.47. The topological polar surface area (TPSA) is 33.1 Å². The summed E-state index contributed by atoms with van der Waals surface area (Å²) in [6, 6.07) is 26.0. The van der Waals surface area contributed by atoms with Crippen molar-refractivity contribution >= 4 is 50.5 Å². The van der Waals surface area contributed by atoms with Gasteiger partial charge >= 0.3 is 0 Å². The molecule has 3 heterocycles. The zero-order chi connectivity index (χ0) is 21.4. The molecule has 1 aliphatic heterocycles. The van der Waals surface area contributed by atoms with E-state index in [1.54, 1.807) is 0 Å². The van der Waals surface area contributed by atoms with Gasteiger partial charge in [0.05, 0.1) is 11.7 Å². The molecule has 0 bridgehead atoms. The number of nitrogens with one attached hydrogen (secondary N) is 1. The highest BCUT2D eigenvalue weighted by Gasteiger charge is 2.42. The fraction of sp³-hybridized carbons (Fsp3) is 0.0833. The number of aromatic nitrogens is 2. The van der Waals surface area contributed by atoms with Crippen LogP contribution in [0.1, 0.15) is 23.5 Å². The monoisotopic (exact) mass is 508 g/mol. The van der Waals surface area contributed by atoms with Gasteiger partial charge in [-0.2, -0.15) is 0 Å². The van der Waals surface area contributed by atoms with Gasteiger partial charge in [-0.05, 0) is 85.0 Å². The fourth-order valence-electron chi connectivity index (χ4n) is 4.01. The number of rotatable bonds is 4. The van der Waals surface area contributed by atoms with E-state index >= 15 is 0 Å². The van der Waals surface area contributed by atoms with Crippen LogP contribution in [-0.2, 0) is 0 Å². The van der Waals surface area contributed by atoms with E-state index in [9.17, 15) is 0 Å². The van der Waals surface area contributed by atoms with E-state index in [1.165, 1.54) is 0 Å². The van der Waals surface area contributed by atoms with Crippen molar-refractivity contribution in [3.63, 3.8) is 0 Å². The number of benzene rings is 2. The normalized spacial score (nSPS) is 18.3. The quantitative estimate of drug-likeness (QED) is 0.320. The van der Waals surface area contributed by atoms with E-state index in [4.69, 9.17) is 23.8 Å². The molecule has 0 unspecified atom stereocenters. The zero-order valence-corrected chi connectivity index (χ0v) is 19.5. The van der Waals surface area contributed by atoms with Crippen LogP contribution in [0.5, 0.6) is 0 Å². The summed E-state index contributed by atoms with van der Waals surface area (Å²) in [4.78, 5) is 6.77. The lowest BCUT2D eigenvalue weighted by atomic mass is 10.0. The molecular weight excluding hydrogens is 492 g/mol. The Morgan fingerprint density at radius 1 is 0.903 bits per heavy atom. The summed E-state index contributed by atoms with van der Waals surface area (Å²) in [5.41, 5.74) is 4.11. The van der Waals surface area contributed by atoms with Crippen molar-refractivity contribution in [2.45, 2.75) is 12.1 Å². The van der Waals surface area contributed by atoms with Crippen molar-refractivity contribution < 1.29 is 0 Å². The highest BCUT2D eigenvalue weighted by Crippen LogP contribution is 2.42. The van der Waals surface area contributed by atoms with Crippen LogP contribution < -0.4 is 10.2 Å². The first-order valence-corrected chi connectivity index (χ1v) is 11.4. The Kier molecular flexibility index (Phi) is 5.52. The summed E-state index contributed by atoms with van der Waals surface area (Å²) >= 11 is 15.5. The van der Waals surface area contributed by atoms with Gasteiger partial charge in [-0.15, -0.1) is 0 Å². The summed E-state index contributed by atoms with van der Waals surface area (Å²) in [5, 5.41) is 4.85. The molecule has 1 saturated heterocycles. The molecule has 2 aromatic carbocycles. The number of anilines is 1. The second kappa shape index (κ2) is 8.46. The molecule has 0 amide bonds. The van der Waals surface area contributed by atoms with Crippen LogP contribution in [0.2, 0.25) is 5.02 Å². The molecule has 0 spiro atoms. The van der Waals surface area contributed by atoms with Crippen LogP contribution in [0.15, 0.2) is 95.7 Å². The Balaban J connectivity index is 1.66. The van der Waals surface area contributed by atoms with Crippen LogP contribution in [0.4, 0.5) is 5.69 Å². The molecule has 5 rings (SSSR count). The lowest BCUT2D eigenvalue weighted by Crippen LogP contribution is -2.30. The molecule has 2 aromatic heterocycles. The lowest BCUT2D eigenvalue weighted by Gasteiger charge is -2.29. The van der Waals surface area contributed by atoms with Gasteiger partial charge < -0.3 is 14.8 Å². The standard InChI is InChI=1S/C24H18BrClN4S/c25-16-6-10-18(11-7-16)29-15-3-5-21(29)23-22(20-4-1-2-14-27-20)28-24(31)30(23)19-12-8-17(26)9-13-19/h1-15,22-23H,(H,28,31)/t22-,23-/m1/s1. The van der Waals surface area contributed by atoms with Gasteiger partial charge in [0.25, 0.3) is 0 Å². The maximum Gasteiger partial charge on any atom is 0.174 e. The van der Waals surface area contributed by atoms with E-state index in [1.807, 2.05) is 60.8 Å². The summed E-state index contributed by atoms with van der Waals surface area (Å²) in [7, 11) is 0. The van der Waals surface area contributed by atoms with Crippen molar-refractivity contribution in [2.24, 2.45) is 0 Å². The van der Waals surface area contributed by atoms with Crippen molar-refractivity contribution in [2.75, 3.05) is 4.90 Å². The number of hydrogen-bond acceptors (Lipinski definition) is 2. The van der Waals surface area contributed by atoms with Gasteiger partial charge in [-0.1, -0.05) is 33.6 Å². The molecule has 0 aliphatic carbocycles. The molecule has 4 aromatic rings. The third kappa shape index (κ3) is 3.87. The first-order valence-electron chi connectivity index (χ1n) is 9.81. The second-order valence-corrected chi connectivity index (χ2v) is 8.99. The van der Waals surface area contributed by atoms with Crippen molar-refractivity contribution in [1.29, 1.82) is 0 Å². The summed E-state index contributed by atoms with van der Waals surface area (Å²) < 4.78 is 3.24. The smallest absolute Gasteiger partial charge is 0.174 e. The highest BCUT2D eigenvalue weighted by molar-refractivity contribution is 9.10. The van der Waals surface area contributed by atoms with Gasteiger partial charge in [-0.25, -0.2) is 0 Å². The third-order valence-electron chi connectivity index (χ3n) is 5.39. The maximum atomic E-state index is 6.15. The van der Waals surface area contributed by atoms with Crippen molar-refractivity contribution in [3.05, 3.63) is 112 Å². The molecule has 1 fully saturated rings. The molecule has 1 N–H and O–H groups in total. The Morgan fingerprint density at radius 2 is 1.65 bits per heavy atom. The van der Waals surface area contributed by atoms with Gasteiger partial charge in [0.1, 0.15) is 6.04 Å². The van der Waals surface area contributed by atoms with E-state index < -0.39 is 0 Å². The number of hydrogen-bond donors (Lipinski definition) is 1. The number of halogens is 2. The molecule has 0 saturated carbocycles. The molecule has 0 radical (unpaired) electrons. The van der Waals surface area contributed by atoms with Crippen LogP contribution >= 0.6 is 39.7 Å². The largest absolute Gasteiger partial charge is 0.351 e. The Morgan fingerprint density at radius 3 is 2.35 bits per heavy atom. The van der Waals surface area contributed by atoms with Crippen molar-refractivity contribution in [1.82, 2.24) is 14.9 Å². The van der Waals surface area contributed by atoms with Crippen LogP contribution in [0, 0.1) is 0 Å². The SMILES string of the molecule is S=C1N[C@H](c2ccccn2)[C@@H](c2cccn2-c2ccc(Br)cc2)N1c1ccc(Cl)cc1. The molecular formula is C24H18BrClN4S. The molecule has 4 nitrogen and oxygen atoms in total. The molecule has 31 heavy (non-hydrogen) atoms. The second-order valence-electron chi connectivity index (χ2n) is 7.25. The van der Waals surface area contributed by atoms with Crippen LogP contribution in [0.3, 0.4) is 0 Å². The van der Waals surface area contributed by atoms with Crippen LogP contribution in [-0.4, -0.2) is 14.7 Å². The summed E-state index contributed by atoms with van der Waals surface area (Å²) in [6.07, 6.45) is 3.89. The first-order chi connectivity index (χ1) is 15.1. The Hall–Kier alpha value is -2.67.